The number of esters is 1. The van der Waals surface area contributed by atoms with Crippen LogP contribution in [0.1, 0.15) is 19.6 Å². The molecule has 2 aromatic carbocycles. The Morgan fingerprint density at radius 1 is 1.03 bits per heavy atom. The summed E-state index contributed by atoms with van der Waals surface area (Å²) in [5.74, 6) is -0.549. The predicted octanol–water partition coefficient (Wildman–Crippen LogP) is 5.78. The molecule has 1 amide bonds. The summed E-state index contributed by atoms with van der Waals surface area (Å²) in [4.78, 5) is 26.1. The number of halogens is 1. The van der Waals surface area contributed by atoms with Gasteiger partial charge < -0.3 is 19.4 Å². The molecule has 160 valence electrons. The minimum atomic E-state index is -0.631. The third kappa shape index (κ3) is 6.58. The first-order valence-electron chi connectivity index (χ1n) is 9.77. The van der Waals surface area contributed by atoms with E-state index in [1.807, 2.05) is 42.5 Å². The minimum Gasteiger partial charge on any atom is -0.452 e. The van der Waals surface area contributed by atoms with Gasteiger partial charge in [-0.15, -0.1) is 0 Å². The van der Waals surface area contributed by atoms with E-state index in [-0.39, 0.29) is 12.6 Å². The Labute approximate surface area is 189 Å². The highest BCUT2D eigenvalue weighted by Gasteiger charge is 2.13. The van der Waals surface area contributed by atoms with E-state index in [4.69, 9.17) is 9.15 Å². The summed E-state index contributed by atoms with van der Waals surface area (Å²) in [6.07, 6.45) is 2.67. The number of carbonyl (C=O) groups excluding carboxylic acids is 2. The molecule has 1 heterocycles. The number of benzene rings is 2. The Morgan fingerprint density at radius 2 is 1.71 bits per heavy atom. The molecule has 7 heteroatoms. The highest BCUT2D eigenvalue weighted by Crippen LogP contribution is 2.28. The molecular weight excluding hydrogens is 460 g/mol. The van der Waals surface area contributed by atoms with Crippen LogP contribution in [0.5, 0.6) is 0 Å². The zero-order chi connectivity index (χ0) is 22.2. The van der Waals surface area contributed by atoms with E-state index in [1.165, 1.54) is 12.2 Å². The quantitative estimate of drug-likeness (QED) is 0.325. The molecule has 3 aromatic rings. The number of nitrogens with zero attached hydrogens (tertiary/aromatic N) is 1. The lowest BCUT2D eigenvalue weighted by molar-refractivity contribution is -0.142. The molecule has 6 nitrogen and oxygen atoms in total. The fraction of sp³-hybridized carbons (Fsp3) is 0.167. The predicted molar refractivity (Wildman–Crippen MR) is 125 cm³/mol. The summed E-state index contributed by atoms with van der Waals surface area (Å²) in [5, 5.41) is 2.73. The lowest BCUT2D eigenvalue weighted by Crippen LogP contribution is -2.25. The van der Waals surface area contributed by atoms with E-state index in [2.05, 4.69) is 52.1 Å². The van der Waals surface area contributed by atoms with Crippen LogP contribution in [0, 0.1) is 0 Å². The molecular formula is C24H23BrN2O4. The number of rotatable bonds is 8. The lowest BCUT2D eigenvalue weighted by Gasteiger charge is -2.29. The van der Waals surface area contributed by atoms with Crippen molar-refractivity contribution in [1.29, 1.82) is 0 Å². The van der Waals surface area contributed by atoms with Gasteiger partial charge in [0, 0.05) is 29.2 Å². The second-order valence-corrected chi connectivity index (χ2v) is 7.76. The SMILES string of the molecule is CC(C)N(c1ccccc1)c1ccc(NC(=O)COC(=O)/C=C/c2ccc(Br)o2)cc1. The van der Waals surface area contributed by atoms with E-state index in [9.17, 15) is 9.59 Å². The molecule has 0 saturated carbocycles. The number of ether oxygens (including phenoxy) is 1. The van der Waals surface area contributed by atoms with Crippen LogP contribution in [-0.4, -0.2) is 24.5 Å². The van der Waals surface area contributed by atoms with Crippen LogP contribution in [0.2, 0.25) is 0 Å². The Bertz CT molecular complexity index is 1040. The molecule has 0 unspecified atom stereocenters. The zero-order valence-electron chi connectivity index (χ0n) is 17.2. The summed E-state index contributed by atoms with van der Waals surface area (Å²) in [6, 6.07) is 21.3. The second kappa shape index (κ2) is 10.6. The van der Waals surface area contributed by atoms with Crippen molar-refractivity contribution in [2.45, 2.75) is 19.9 Å². The zero-order valence-corrected chi connectivity index (χ0v) is 18.8. The maximum absolute atomic E-state index is 12.1. The topological polar surface area (TPSA) is 71.8 Å². The summed E-state index contributed by atoms with van der Waals surface area (Å²) < 4.78 is 10.8. The van der Waals surface area contributed by atoms with Crippen LogP contribution < -0.4 is 10.2 Å². The maximum Gasteiger partial charge on any atom is 0.331 e. The number of amides is 1. The fourth-order valence-electron chi connectivity index (χ4n) is 2.99. The number of hydrogen-bond donors (Lipinski definition) is 1. The van der Waals surface area contributed by atoms with Crippen molar-refractivity contribution in [2.24, 2.45) is 0 Å². The Kier molecular flexibility index (Phi) is 7.67. The van der Waals surface area contributed by atoms with Gasteiger partial charge in [0.15, 0.2) is 11.3 Å². The van der Waals surface area contributed by atoms with Crippen molar-refractivity contribution in [3.05, 3.63) is 83.2 Å². The number of hydrogen-bond acceptors (Lipinski definition) is 5. The average Bonchev–Trinajstić information content (AvgIpc) is 3.18. The van der Waals surface area contributed by atoms with Gasteiger partial charge in [0.2, 0.25) is 0 Å². The van der Waals surface area contributed by atoms with Gasteiger partial charge in [0.05, 0.1) is 0 Å². The first kappa shape index (κ1) is 22.4. The third-order valence-electron chi connectivity index (χ3n) is 4.30. The molecule has 31 heavy (non-hydrogen) atoms. The van der Waals surface area contributed by atoms with Gasteiger partial charge in [-0.2, -0.15) is 0 Å². The van der Waals surface area contributed by atoms with Gasteiger partial charge >= 0.3 is 5.97 Å². The number of nitrogens with one attached hydrogen (secondary N) is 1. The molecule has 1 aromatic heterocycles. The molecule has 0 aliphatic heterocycles. The molecule has 0 spiro atoms. The monoisotopic (exact) mass is 482 g/mol. The Morgan fingerprint density at radius 3 is 2.32 bits per heavy atom. The molecule has 0 aliphatic carbocycles. The largest absolute Gasteiger partial charge is 0.452 e. The Balaban J connectivity index is 1.53. The van der Waals surface area contributed by atoms with Gasteiger partial charge in [0.1, 0.15) is 5.76 Å². The van der Waals surface area contributed by atoms with Gasteiger partial charge in [-0.05, 0) is 84.4 Å². The molecule has 0 aliphatic rings. The van der Waals surface area contributed by atoms with Gasteiger partial charge in [-0.1, -0.05) is 18.2 Å². The van der Waals surface area contributed by atoms with Crippen LogP contribution >= 0.6 is 15.9 Å². The molecule has 0 radical (unpaired) electrons. The fourth-order valence-corrected chi connectivity index (χ4v) is 3.31. The summed E-state index contributed by atoms with van der Waals surface area (Å²) in [5.41, 5.74) is 2.73. The molecule has 0 bridgehead atoms. The first-order valence-corrected chi connectivity index (χ1v) is 10.6. The van der Waals surface area contributed by atoms with E-state index in [0.717, 1.165) is 11.4 Å². The summed E-state index contributed by atoms with van der Waals surface area (Å²) >= 11 is 3.18. The van der Waals surface area contributed by atoms with E-state index in [0.29, 0.717) is 16.1 Å². The molecule has 3 rings (SSSR count). The second-order valence-electron chi connectivity index (χ2n) is 6.98. The molecule has 0 fully saturated rings. The molecule has 0 atom stereocenters. The van der Waals surface area contributed by atoms with E-state index in [1.54, 1.807) is 12.1 Å². The van der Waals surface area contributed by atoms with Gasteiger partial charge in [-0.25, -0.2) is 4.79 Å². The minimum absolute atomic E-state index is 0.262. The van der Waals surface area contributed by atoms with Gasteiger partial charge in [0.25, 0.3) is 5.91 Å². The van der Waals surface area contributed by atoms with Crippen LogP contribution in [0.15, 0.2) is 81.9 Å². The summed E-state index contributed by atoms with van der Waals surface area (Å²) in [7, 11) is 0. The Hall–Kier alpha value is -3.32. The van der Waals surface area contributed by atoms with Crippen molar-refractivity contribution >= 4 is 50.9 Å². The number of furan rings is 1. The van der Waals surface area contributed by atoms with E-state index < -0.39 is 11.9 Å². The van der Waals surface area contributed by atoms with Crippen molar-refractivity contribution in [3.63, 3.8) is 0 Å². The smallest absolute Gasteiger partial charge is 0.331 e. The standard InChI is InChI=1S/C24H23BrN2O4/c1-17(2)27(19-6-4-3-5-7-19)20-10-8-18(9-11-20)26-23(28)16-30-24(29)15-13-21-12-14-22(25)31-21/h3-15,17H,16H2,1-2H3,(H,26,28)/b15-13+. The van der Waals surface area contributed by atoms with Crippen molar-refractivity contribution in [3.8, 4) is 0 Å². The summed E-state index contributed by atoms with van der Waals surface area (Å²) in [6.45, 7) is 3.86. The van der Waals surface area contributed by atoms with Crippen molar-refractivity contribution in [1.82, 2.24) is 0 Å². The highest BCUT2D eigenvalue weighted by atomic mass is 79.9. The number of carbonyl (C=O) groups is 2. The van der Waals surface area contributed by atoms with E-state index >= 15 is 0 Å². The average molecular weight is 483 g/mol. The van der Waals surface area contributed by atoms with Crippen molar-refractivity contribution in [2.75, 3.05) is 16.8 Å². The number of para-hydroxylation sites is 1. The third-order valence-corrected chi connectivity index (χ3v) is 4.73. The lowest BCUT2D eigenvalue weighted by atomic mass is 10.2. The first-order chi connectivity index (χ1) is 14.9. The van der Waals surface area contributed by atoms with Crippen molar-refractivity contribution < 1.29 is 18.7 Å². The van der Waals surface area contributed by atoms with Crippen LogP contribution in [0.25, 0.3) is 6.08 Å². The van der Waals surface area contributed by atoms with Crippen LogP contribution in [0.3, 0.4) is 0 Å². The molecule has 0 saturated heterocycles. The maximum atomic E-state index is 12.1. The van der Waals surface area contributed by atoms with Crippen LogP contribution in [-0.2, 0) is 14.3 Å². The number of anilines is 3. The highest BCUT2D eigenvalue weighted by molar-refractivity contribution is 9.10. The van der Waals surface area contributed by atoms with Gasteiger partial charge in [-0.3, -0.25) is 4.79 Å². The normalized spacial score (nSPS) is 11.0. The molecule has 1 N–H and O–H groups in total. The van der Waals surface area contributed by atoms with Crippen LogP contribution in [0.4, 0.5) is 17.1 Å².